The topological polar surface area (TPSA) is 73.8 Å². The van der Waals surface area contributed by atoms with Gasteiger partial charge in [0, 0.05) is 24.3 Å². The summed E-state index contributed by atoms with van der Waals surface area (Å²) in [5, 5.41) is 6.86. The molecule has 0 heterocycles. The molecule has 2 amide bonds. The Balaban J connectivity index is 1.97. The number of nitrogens with one attached hydrogen (secondary N) is 2. The molecule has 2 aromatic rings. The lowest BCUT2D eigenvalue weighted by Gasteiger charge is -2.21. The van der Waals surface area contributed by atoms with Gasteiger partial charge in [-0.2, -0.15) is 5.10 Å². The van der Waals surface area contributed by atoms with Crippen molar-refractivity contribution in [1.82, 2.24) is 10.7 Å². The molecule has 6 nitrogen and oxygen atoms in total. The Morgan fingerprint density at radius 3 is 2.13 bits per heavy atom. The molecule has 0 aliphatic rings. The molecular weight excluding hydrogens is 376 g/mol. The van der Waals surface area contributed by atoms with E-state index in [2.05, 4.69) is 34.6 Å². The number of benzene rings is 2. The number of hydrogen-bond donors (Lipinski definition) is 2. The molecule has 0 saturated carbocycles. The molecule has 0 aliphatic heterocycles. The smallest absolute Gasteiger partial charge is 0.262 e. The second-order valence-corrected chi connectivity index (χ2v) is 7.56. The third-order valence-corrected chi connectivity index (χ3v) is 4.96. The summed E-state index contributed by atoms with van der Waals surface area (Å²) in [6.07, 6.45) is 1.60. The van der Waals surface area contributed by atoms with Crippen molar-refractivity contribution in [2.45, 2.75) is 40.7 Å². The number of amides is 2. The van der Waals surface area contributed by atoms with Gasteiger partial charge >= 0.3 is 0 Å². The molecule has 0 saturated heterocycles. The van der Waals surface area contributed by atoms with E-state index in [4.69, 9.17) is 0 Å². The van der Waals surface area contributed by atoms with Crippen molar-refractivity contribution in [2.24, 2.45) is 11.0 Å². The summed E-state index contributed by atoms with van der Waals surface area (Å²) in [7, 11) is 0. The predicted molar refractivity (Wildman–Crippen MR) is 123 cm³/mol. The standard InChI is InChI=1S/C24H32N4O2/c1-6-28(7-2)21-14-10-19(11-15-21)16-25-27-24(30)22(17(3)4)26-23(29)20-12-8-18(5)9-13-20/h8-17,22H,6-7H2,1-5H3,(H,26,29)(H,27,30). The zero-order valence-corrected chi connectivity index (χ0v) is 18.5. The number of carbonyl (C=O) groups excluding carboxylic acids is 2. The van der Waals surface area contributed by atoms with Gasteiger partial charge in [0.25, 0.3) is 11.8 Å². The first-order valence-electron chi connectivity index (χ1n) is 10.4. The van der Waals surface area contributed by atoms with Crippen LogP contribution in [0.25, 0.3) is 0 Å². The van der Waals surface area contributed by atoms with Crippen LogP contribution in [-0.2, 0) is 4.79 Å². The summed E-state index contributed by atoms with van der Waals surface area (Å²) in [6, 6.07) is 14.6. The molecule has 0 spiro atoms. The van der Waals surface area contributed by atoms with E-state index < -0.39 is 6.04 Å². The number of anilines is 1. The van der Waals surface area contributed by atoms with Crippen LogP contribution in [0.15, 0.2) is 53.6 Å². The Morgan fingerprint density at radius 2 is 1.60 bits per heavy atom. The Bertz CT molecular complexity index is 854. The van der Waals surface area contributed by atoms with E-state index in [1.54, 1.807) is 18.3 Å². The molecule has 0 fully saturated rings. The fourth-order valence-electron chi connectivity index (χ4n) is 3.06. The maximum absolute atomic E-state index is 12.6. The molecule has 0 aliphatic carbocycles. The van der Waals surface area contributed by atoms with Gasteiger partial charge in [-0.25, -0.2) is 5.43 Å². The van der Waals surface area contributed by atoms with Gasteiger partial charge in [-0.15, -0.1) is 0 Å². The molecule has 0 bridgehead atoms. The number of carbonyl (C=O) groups is 2. The van der Waals surface area contributed by atoms with Gasteiger partial charge in [0.2, 0.25) is 0 Å². The first kappa shape index (κ1) is 23.1. The summed E-state index contributed by atoms with van der Waals surface area (Å²) in [6.45, 7) is 11.9. The van der Waals surface area contributed by atoms with E-state index in [9.17, 15) is 9.59 Å². The van der Waals surface area contributed by atoms with Crippen molar-refractivity contribution in [3.8, 4) is 0 Å². The molecule has 0 aromatic heterocycles. The highest BCUT2D eigenvalue weighted by molar-refractivity contribution is 5.97. The van der Waals surface area contributed by atoms with Crippen LogP contribution in [0.4, 0.5) is 5.69 Å². The zero-order chi connectivity index (χ0) is 22.1. The number of hydrogen-bond acceptors (Lipinski definition) is 4. The Labute approximate surface area is 179 Å². The number of nitrogens with zero attached hydrogens (tertiary/aromatic N) is 2. The van der Waals surface area contributed by atoms with Gasteiger partial charge in [0.05, 0.1) is 6.21 Å². The lowest BCUT2D eigenvalue weighted by atomic mass is 10.0. The zero-order valence-electron chi connectivity index (χ0n) is 18.5. The second-order valence-electron chi connectivity index (χ2n) is 7.56. The van der Waals surface area contributed by atoms with Crippen molar-refractivity contribution < 1.29 is 9.59 Å². The van der Waals surface area contributed by atoms with Crippen LogP contribution in [0.3, 0.4) is 0 Å². The van der Waals surface area contributed by atoms with Crippen molar-refractivity contribution in [3.63, 3.8) is 0 Å². The van der Waals surface area contributed by atoms with Crippen LogP contribution < -0.4 is 15.6 Å². The van der Waals surface area contributed by atoms with Crippen LogP contribution >= 0.6 is 0 Å². The van der Waals surface area contributed by atoms with E-state index in [0.717, 1.165) is 29.9 Å². The summed E-state index contributed by atoms with van der Waals surface area (Å²) < 4.78 is 0. The summed E-state index contributed by atoms with van der Waals surface area (Å²) in [5.41, 5.74) is 6.18. The largest absolute Gasteiger partial charge is 0.372 e. The fourth-order valence-corrected chi connectivity index (χ4v) is 3.06. The summed E-state index contributed by atoms with van der Waals surface area (Å²) >= 11 is 0. The van der Waals surface area contributed by atoms with Crippen molar-refractivity contribution in [1.29, 1.82) is 0 Å². The third kappa shape index (κ3) is 6.44. The molecule has 2 aromatic carbocycles. The van der Waals surface area contributed by atoms with Crippen molar-refractivity contribution in [2.75, 3.05) is 18.0 Å². The van der Waals surface area contributed by atoms with Gasteiger partial charge in [0.1, 0.15) is 6.04 Å². The fraction of sp³-hybridized carbons (Fsp3) is 0.375. The lowest BCUT2D eigenvalue weighted by molar-refractivity contribution is -0.123. The van der Waals surface area contributed by atoms with Gasteiger partial charge in [-0.1, -0.05) is 43.7 Å². The van der Waals surface area contributed by atoms with Gasteiger partial charge in [-0.3, -0.25) is 9.59 Å². The van der Waals surface area contributed by atoms with E-state index in [1.807, 2.05) is 57.2 Å². The highest BCUT2D eigenvalue weighted by Gasteiger charge is 2.24. The van der Waals surface area contributed by atoms with Crippen LogP contribution in [0, 0.1) is 12.8 Å². The minimum Gasteiger partial charge on any atom is -0.372 e. The maximum atomic E-state index is 12.6. The summed E-state index contributed by atoms with van der Waals surface area (Å²) in [4.78, 5) is 27.3. The summed E-state index contributed by atoms with van der Waals surface area (Å²) in [5.74, 6) is -0.704. The van der Waals surface area contributed by atoms with E-state index in [1.165, 1.54) is 0 Å². The molecule has 1 unspecified atom stereocenters. The molecule has 30 heavy (non-hydrogen) atoms. The number of aryl methyl sites for hydroxylation is 1. The molecule has 160 valence electrons. The Hall–Kier alpha value is -3.15. The molecular formula is C24H32N4O2. The number of rotatable bonds is 9. The normalized spacial score (nSPS) is 12.1. The lowest BCUT2D eigenvalue weighted by Crippen LogP contribution is -2.48. The highest BCUT2D eigenvalue weighted by atomic mass is 16.2. The molecule has 0 radical (unpaired) electrons. The molecule has 6 heteroatoms. The van der Waals surface area contributed by atoms with E-state index in [0.29, 0.717) is 5.56 Å². The second kappa shape index (κ2) is 11.1. The first-order valence-corrected chi connectivity index (χ1v) is 10.4. The van der Waals surface area contributed by atoms with Crippen molar-refractivity contribution >= 4 is 23.7 Å². The molecule has 2 rings (SSSR count). The van der Waals surface area contributed by atoms with Gasteiger partial charge < -0.3 is 10.2 Å². The third-order valence-electron chi connectivity index (χ3n) is 4.96. The molecule has 1 atom stereocenters. The minimum atomic E-state index is -0.680. The first-order chi connectivity index (χ1) is 14.3. The van der Waals surface area contributed by atoms with E-state index in [-0.39, 0.29) is 17.7 Å². The average Bonchev–Trinajstić information content (AvgIpc) is 2.74. The quantitative estimate of drug-likeness (QED) is 0.490. The van der Waals surface area contributed by atoms with Crippen LogP contribution in [-0.4, -0.2) is 37.2 Å². The number of hydrazone groups is 1. The monoisotopic (exact) mass is 408 g/mol. The SMILES string of the molecule is CCN(CC)c1ccc(C=NNC(=O)C(NC(=O)c2ccc(C)cc2)C(C)C)cc1. The molecule has 2 N–H and O–H groups in total. The van der Waals surface area contributed by atoms with Crippen LogP contribution in [0.2, 0.25) is 0 Å². The highest BCUT2D eigenvalue weighted by Crippen LogP contribution is 2.14. The average molecular weight is 409 g/mol. The van der Waals surface area contributed by atoms with Crippen LogP contribution in [0.1, 0.15) is 49.2 Å². The van der Waals surface area contributed by atoms with Gasteiger partial charge in [-0.05, 0) is 56.5 Å². The van der Waals surface area contributed by atoms with E-state index >= 15 is 0 Å². The van der Waals surface area contributed by atoms with Gasteiger partial charge in [0.15, 0.2) is 0 Å². The Morgan fingerprint density at radius 1 is 1.00 bits per heavy atom. The van der Waals surface area contributed by atoms with Crippen LogP contribution in [0.5, 0.6) is 0 Å². The Kier molecular flexibility index (Phi) is 8.59. The maximum Gasteiger partial charge on any atom is 0.262 e. The predicted octanol–water partition coefficient (Wildman–Crippen LogP) is 3.75. The minimum absolute atomic E-state index is 0.0806. The van der Waals surface area contributed by atoms with Crippen molar-refractivity contribution in [3.05, 3.63) is 65.2 Å².